The van der Waals surface area contributed by atoms with Crippen molar-refractivity contribution in [1.82, 2.24) is 10.2 Å². The molecular weight excluding hydrogens is 220 g/mol. The van der Waals surface area contributed by atoms with E-state index in [1.165, 1.54) is 24.7 Å². The van der Waals surface area contributed by atoms with Crippen LogP contribution in [0.25, 0.3) is 0 Å². The van der Waals surface area contributed by atoms with Crippen molar-refractivity contribution in [3.8, 4) is 6.19 Å². The van der Waals surface area contributed by atoms with Gasteiger partial charge in [-0.2, -0.15) is 5.26 Å². The van der Waals surface area contributed by atoms with E-state index in [9.17, 15) is 0 Å². The molecule has 0 amide bonds. The van der Waals surface area contributed by atoms with E-state index in [1.54, 1.807) is 0 Å². The second kappa shape index (κ2) is 7.53. The van der Waals surface area contributed by atoms with Crippen LogP contribution in [0.4, 0.5) is 0 Å². The molecule has 1 saturated heterocycles. The minimum Gasteiger partial charge on any atom is -0.303 e. The molecule has 1 aliphatic heterocycles. The van der Waals surface area contributed by atoms with E-state index in [0.29, 0.717) is 6.04 Å². The van der Waals surface area contributed by atoms with Gasteiger partial charge in [0.15, 0.2) is 11.4 Å². The van der Waals surface area contributed by atoms with Crippen LogP contribution in [0, 0.1) is 11.5 Å². The van der Waals surface area contributed by atoms with Crippen LogP contribution >= 0.6 is 11.8 Å². The SMILES string of the molecule is CCCN1CCC(N=C(NC#N)SC)CC1. The fraction of sp³-hybridized carbons (Fsp3) is 0.818. The molecule has 16 heavy (non-hydrogen) atoms. The summed E-state index contributed by atoms with van der Waals surface area (Å²) in [7, 11) is 0. The average Bonchev–Trinajstić information content (AvgIpc) is 2.31. The van der Waals surface area contributed by atoms with Gasteiger partial charge in [0.2, 0.25) is 0 Å². The van der Waals surface area contributed by atoms with Crippen LogP contribution in [0.15, 0.2) is 4.99 Å². The third-order valence-electron chi connectivity index (χ3n) is 2.75. The molecule has 1 rings (SSSR count). The molecule has 1 fully saturated rings. The summed E-state index contributed by atoms with van der Waals surface area (Å²) in [6.07, 6.45) is 7.30. The first-order valence-corrected chi connectivity index (χ1v) is 7.01. The maximum atomic E-state index is 8.55. The van der Waals surface area contributed by atoms with Gasteiger partial charge >= 0.3 is 0 Å². The van der Waals surface area contributed by atoms with Crippen LogP contribution in [0.5, 0.6) is 0 Å². The molecule has 5 heteroatoms. The molecule has 1 heterocycles. The first-order chi connectivity index (χ1) is 7.80. The van der Waals surface area contributed by atoms with Gasteiger partial charge in [0.25, 0.3) is 0 Å². The average molecular weight is 240 g/mol. The molecule has 0 spiro atoms. The lowest BCUT2D eigenvalue weighted by Crippen LogP contribution is -2.36. The summed E-state index contributed by atoms with van der Waals surface area (Å²) in [5.74, 6) is 0. The largest absolute Gasteiger partial charge is 0.303 e. The van der Waals surface area contributed by atoms with Gasteiger partial charge in [0.1, 0.15) is 0 Å². The van der Waals surface area contributed by atoms with Crippen molar-refractivity contribution in [1.29, 1.82) is 5.26 Å². The zero-order chi connectivity index (χ0) is 11.8. The van der Waals surface area contributed by atoms with E-state index in [1.807, 2.05) is 12.4 Å². The third-order valence-corrected chi connectivity index (χ3v) is 3.35. The summed E-state index contributed by atoms with van der Waals surface area (Å²) in [6, 6.07) is 0.386. The number of hydrogen-bond acceptors (Lipinski definition) is 4. The van der Waals surface area contributed by atoms with Crippen LogP contribution in [0.1, 0.15) is 26.2 Å². The van der Waals surface area contributed by atoms with E-state index in [4.69, 9.17) is 5.26 Å². The molecular formula is C11H20N4S. The Morgan fingerprint density at radius 3 is 2.75 bits per heavy atom. The van der Waals surface area contributed by atoms with Crippen molar-refractivity contribution in [2.24, 2.45) is 4.99 Å². The second-order valence-corrected chi connectivity index (χ2v) is 4.74. The Kier molecular flexibility index (Phi) is 6.27. The smallest absolute Gasteiger partial charge is 0.183 e. The quantitative estimate of drug-likeness (QED) is 0.353. The summed E-state index contributed by atoms with van der Waals surface area (Å²) >= 11 is 1.50. The third kappa shape index (κ3) is 4.42. The number of aliphatic imine (C=N–C) groups is 1. The molecule has 90 valence electrons. The molecule has 0 bridgehead atoms. The standard InChI is InChI=1S/C11H20N4S/c1-3-6-15-7-4-10(5-8-15)14-11(16-2)13-9-12/h10H,3-8H2,1-2H3,(H,13,14). The zero-order valence-corrected chi connectivity index (χ0v) is 10.9. The van der Waals surface area contributed by atoms with Gasteiger partial charge in [-0.25, -0.2) is 0 Å². The van der Waals surface area contributed by atoms with Crippen molar-refractivity contribution in [2.75, 3.05) is 25.9 Å². The van der Waals surface area contributed by atoms with Gasteiger partial charge in [-0.3, -0.25) is 10.3 Å². The highest BCUT2D eigenvalue weighted by atomic mass is 32.2. The number of likely N-dealkylation sites (tertiary alicyclic amines) is 1. The lowest BCUT2D eigenvalue weighted by molar-refractivity contribution is 0.214. The second-order valence-electron chi connectivity index (χ2n) is 3.95. The van der Waals surface area contributed by atoms with E-state index < -0.39 is 0 Å². The highest BCUT2D eigenvalue weighted by Gasteiger charge is 2.18. The predicted molar refractivity (Wildman–Crippen MR) is 69.5 cm³/mol. The molecule has 0 radical (unpaired) electrons. The predicted octanol–water partition coefficient (Wildman–Crippen LogP) is 1.65. The maximum Gasteiger partial charge on any atom is 0.183 e. The molecule has 4 nitrogen and oxygen atoms in total. The number of nitriles is 1. The fourth-order valence-electron chi connectivity index (χ4n) is 1.94. The van der Waals surface area contributed by atoms with Gasteiger partial charge in [0, 0.05) is 13.1 Å². The number of rotatable bonds is 3. The van der Waals surface area contributed by atoms with Gasteiger partial charge < -0.3 is 4.90 Å². The van der Waals surface area contributed by atoms with Crippen molar-refractivity contribution >= 4 is 16.9 Å². The lowest BCUT2D eigenvalue weighted by atomic mass is 10.1. The molecule has 0 atom stereocenters. The highest BCUT2D eigenvalue weighted by molar-refractivity contribution is 8.13. The normalized spacial score (nSPS) is 19.4. The number of nitrogens with zero attached hydrogens (tertiary/aromatic N) is 3. The molecule has 0 aliphatic carbocycles. The fourth-order valence-corrected chi connectivity index (χ4v) is 2.34. The van der Waals surface area contributed by atoms with Crippen molar-refractivity contribution < 1.29 is 0 Å². The van der Waals surface area contributed by atoms with E-state index >= 15 is 0 Å². The number of hydrogen-bond donors (Lipinski definition) is 1. The van der Waals surface area contributed by atoms with Gasteiger partial charge in [-0.15, -0.1) is 0 Å². The number of thioether (sulfide) groups is 1. The Morgan fingerprint density at radius 2 is 2.25 bits per heavy atom. The molecule has 1 aliphatic rings. The van der Waals surface area contributed by atoms with Crippen LogP contribution in [-0.2, 0) is 0 Å². The van der Waals surface area contributed by atoms with E-state index in [-0.39, 0.29) is 0 Å². The molecule has 0 saturated carbocycles. The van der Waals surface area contributed by atoms with E-state index in [2.05, 4.69) is 22.1 Å². The number of piperidine rings is 1. The Balaban J connectivity index is 2.38. The van der Waals surface area contributed by atoms with Crippen molar-refractivity contribution in [3.05, 3.63) is 0 Å². The molecule has 0 aromatic rings. The Hall–Kier alpha value is -0.730. The zero-order valence-electron chi connectivity index (χ0n) is 10.1. The van der Waals surface area contributed by atoms with Crippen LogP contribution in [-0.4, -0.2) is 42.0 Å². The van der Waals surface area contributed by atoms with Gasteiger partial charge in [-0.1, -0.05) is 18.7 Å². The molecule has 0 aromatic carbocycles. The lowest BCUT2D eigenvalue weighted by Gasteiger charge is -2.29. The van der Waals surface area contributed by atoms with Crippen LogP contribution in [0.3, 0.4) is 0 Å². The van der Waals surface area contributed by atoms with Crippen LogP contribution < -0.4 is 5.32 Å². The van der Waals surface area contributed by atoms with E-state index in [0.717, 1.165) is 31.1 Å². The Bertz CT molecular complexity index is 264. The highest BCUT2D eigenvalue weighted by Crippen LogP contribution is 2.15. The summed E-state index contributed by atoms with van der Waals surface area (Å²) < 4.78 is 0. The Labute approximate surface area is 102 Å². The molecule has 1 N–H and O–H groups in total. The first kappa shape index (κ1) is 13.3. The van der Waals surface area contributed by atoms with Crippen molar-refractivity contribution in [2.45, 2.75) is 32.2 Å². The molecule has 0 unspecified atom stereocenters. The molecule has 0 aromatic heterocycles. The maximum absolute atomic E-state index is 8.55. The number of amidine groups is 1. The minimum absolute atomic E-state index is 0.386. The van der Waals surface area contributed by atoms with Crippen molar-refractivity contribution in [3.63, 3.8) is 0 Å². The monoisotopic (exact) mass is 240 g/mol. The summed E-state index contributed by atoms with van der Waals surface area (Å²) in [6.45, 7) is 5.68. The first-order valence-electron chi connectivity index (χ1n) is 5.79. The van der Waals surface area contributed by atoms with Gasteiger partial charge in [-0.05, 0) is 32.1 Å². The topological polar surface area (TPSA) is 51.4 Å². The summed E-state index contributed by atoms with van der Waals surface area (Å²) in [4.78, 5) is 7.05. The Morgan fingerprint density at radius 1 is 1.56 bits per heavy atom. The van der Waals surface area contributed by atoms with Gasteiger partial charge in [0.05, 0.1) is 6.04 Å². The number of nitrogens with one attached hydrogen (secondary N) is 1. The summed E-state index contributed by atoms with van der Waals surface area (Å²) in [5, 5.41) is 11.9. The summed E-state index contributed by atoms with van der Waals surface area (Å²) in [5.41, 5.74) is 0. The van der Waals surface area contributed by atoms with Crippen LogP contribution in [0.2, 0.25) is 0 Å². The minimum atomic E-state index is 0.386.